The Morgan fingerprint density at radius 3 is 2.74 bits per heavy atom. The predicted octanol–water partition coefficient (Wildman–Crippen LogP) is 1.94. The second kappa shape index (κ2) is 6.75. The van der Waals surface area contributed by atoms with E-state index in [9.17, 15) is 4.79 Å². The maximum absolute atomic E-state index is 12.2. The van der Waals surface area contributed by atoms with Crippen LogP contribution in [-0.2, 0) is 11.2 Å². The summed E-state index contributed by atoms with van der Waals surface area (Å²) < 4.78 is 0. The van der Waals surface area contributed by atoms with Gasteiger partial charge in [-0.2, -0.15) is 0 Å². The van der Waals surface area contributed by atoms with Crippen LogP contribution in [-0.4, -0.2) is 42.0 Å². The van der Waals surface area contributed by atoms with E-state index >= 15 is 0 Å². The first-order valence-electron chi connectivity index (χ1n) is 7.25. The van der Waals surface area contributed by atoms with Gasteiger partial charge in [0.1, 0.15) is 0 Å². The Hall–Kier alpha value is -1.29. The highest BCUT2D eigenvalue weighted by Crippen LogP contribution is 2.22. The first-order chi connectivity index (χ1) is 9.20. The minimum atomic E-state index is 0.272. The fraction of sp³-hybridized carbons (Fsp3) is 0.667. The van der Waals surface area contributed by atoms with Crippen molar-refractivity contribution in [2.45, 2.75) is 50.6 Å². The van der Waals surface area contributed by atoms with E-state index in [4.69, 9.17) is 0 Å². The van der Waals surface area contributed by atoms with Crippen molar-refractivity contribution in [1.29, 1.82) is 0 Å². The molecule has 0 aromatic carbocycles. The number of H-pyrrole nitrogens is 1. The minimum absolute atomic E-state index is 0.272. The molecular formula is C15H25N3O. The fourth-order valence-corrected chi connectivity index (χ4v) is 2.90. The molecule has 19 heavy (non-hydrogen) atoms. The van der Waals surface area contributed by atoms with Crippen molar-refractivity contribution < 1.29 is 4.79 Å². The number of rotatable bonds is 5. The quantitative estimate of drug-likeness (QED) is 0.853. The molecule has 2 rings (SSSR count). The van der Waals surface area contributed by atoms with Gasteiger partial charge in [-0.05, 0) is 50.8 Å². The summed E-state index contributed by atoms with van der Waals surface area (Å²) >= 11 is 0. The third-order valence-corrected chi connectivity index (χ3v) is 4.34. The van der Waals surface area contributed by atoms with Crippen molar-refractivity contribution in [1.82, 2.24) is 15.2 Å². The van der Waals surface area contributed by atoms with Crippen LogP contribution in [0.2, 0.25) is 0 Å². The summed E-state index contributed by atoms with van der Waals surface area (Å²) in [5.41, 5.74) is 1.21. The highest BCUT2D eigenvalue weighted by molar-refractivity contribution is 5.76. The lowest BCUT2D eigenvalue weighted by Gasteiger charge is -2.34. The molecule has 1 heterocycles. The van der Waals surface area contributed by atoms with Crippen LogP contribution in [0.25, 0.3) is 0 Å². The van der Waals surface area contributed by atoms with Crippen LogP contribution >= 0.6 is 0 Å². The van der Waals surface area contributed by atoms with Gasteiger partial charge in [-0.1, -0.05) is 0 Å². The third kappa shape index (κ3) is 3.83. The molecule has 1 aromatic rings. The van der Waals surface area contributed by atoms with Crippen LogP contribution in [0.3, 0.4) is 0 Å². The summed E-state index contributed by atoms with van der Waals surface area (Å²) in [5, 5.41) is 3.33. The molecule has 0 radical (unpaired) electrons. The van der Waals surface area contributed by atoms with Gasteiger partial charge < -0.3 is 15.2 Å². The van der Waals surface area contributed by atoms with Gasteiger partial charge in [0.2, 0.25) is 5.91 Å². The summed E-state index contributed by atoms with van der Waals surface area (Å²) in [6.45, 7) is 0. The van der Waals surface area contributed by atoms with Gasteiger partial charge in [-0.25, -0.2) is 0 Å². The van der Waals surface area contributed by atoms with Crippen molar-refractivity contribution in [3.05, 3.63) is 24.0 Å². The summed E-state index contributed by atoms with van der Waals surface area (Å²) in [6.07, 6.45) is 9.91. The number of hydrogen-bond acceptors (Lipinski definition) is 2. The van der Waals surface area contributed by atoms with Crippen molar-refractivity contribution >= 4 is 5.91 Å². The molecule has 1 saturated carbocycles. The Balaban J connectivity index is 1.76. The molecule has 0 aliphatic heterocycles. The van der Waals surface area contributed by atoms with E-state index in [0.29, 0.717) is 18.5 Å². The van der Waals surface area contributed by atoms with Gasteiger partial charge in [-0.3, -0.25) is 4.79 Å². The second-order valence-corrected chi connectivity index (χ2v) is 5.52. The molecule has 106 valence electrons. The number of hydrogen-bond donors (Lipinski definition) is 2. The Labute approximate surface area is 115 Å². The van der Waals surface area contributed by atoms with Gasteiger partial charge in [0.05, 0.1) is 0 Å². The van der Waals surface area contributed by atoms with Crippen LogP contribution in [0.1, 0.15) is 37.7 Å². The number of amides is 1. The average molecular weight is 263 g/mol. The van der Waals surface area contributed by atoms with E-state index in [0.717, 1.165) is 19.3 Å². The van der Waals surface area contributed by atoms with Gasteiger partial charge in [0.25, 0.3) is 0 Å². The Bertz CT molecular complexity index is 380. The van der Waals surface area contributed by atoms with Crippen molar-refractivity contribution in [3.63, 3.8) is 0 Å². The molecule has 1 fully saturated rings. The van der Waals surface area contributed by atoms with Crippen LogP contribution in [0, 0.1) is 0 Å². The van der Waals surface area contributed by atoms with E-state index in [1.165, 1.54) is 18.4 Å². The van der Waals surface area contributed by atoms with Crippen molar-refractivity contribution in [3.8, 4) is 0 Å². The molecule has 1 aromatic heterocycles. The number of nitrogens with one attached hydrogen (secondary N) is 2. The highest BCUT2D eigenvalue weighted by atomic mass is 16.2. The highest BCUT2D eigenvalue weighted by Gasteiger charge is 2.25. The largest absolute Gasteiger partial charge is 0.367 e. The van der Waals surface area contributed by atoms with Crippen molar-refractivity contribution in [2.24, 2.45) is 0 Å². The normalized spacial score (nSPS) is 23.3. The van der Waals surface area contributed by atoms with Gasteiger partial charge in [0.15, 0.2) is 0 Å². The van der Waals surface area contributed by atoms with E-state index in [-0.39, 0.29) is 5.91 Å². The van der Waals surface area contributed by atoms with Crippen LogP contribution in [0.5, 0.6) is 0 Å². The molecule has 1 amide bonds. The Kier molecular flexibility index (Phi) is 5.02. The minimum Gasteiger partial charge on any atom is -0.367 e. The monoisotopic (exact) mass is 263 g/mol. The zero-order chi connectivity index (χ0) is 13.7. The van der Waals surface area contributed by atoms with Gasteiger partial charge in [-0.15, -0.1) is 0 Å². The smallest absolute Gasteiger partial charge is 0.222 e. The number of aryl methyl sites for hydroxylation is 1. The number of aromatic amines is 1. The second-order valence-electron chi connectivity index (χ2n) is 5.52. The average Bonchev–Trinajstić information content (AvgIpc) is 2.97. The standard InChI is InChI=1S/C15H25N3O/c1-16-13-4-6-14(7-5-13)18(2)15(19)8-3-12-9-10-17-11-12/h9-11,13-14,16-17H,3-8H2,1-2H3. The number of nitrogens with zero attached hydrogens (tertiary/aromatic N) is 1. The molecule has 4 nitrogen and oxygen atoms in total. The summed E-state index contributed by atoms with van der Waals surface area (Å²) in [5.74, 6) is 0.272. The molecule has 4 heteroatoms. The van der Waals surface area contributed by atoms with Crippen molar-refractivity contribution in [2.75, 3.05) is 14.1 Å². The summed E-state index contributed by atoms with van der Waals surface area (Å²) in [4.78, 5) is 17.2. The molecule has 2 N–H and O–H groups in total. The van der Waals surface area contributed by atoms with E-state index in [2.05, 4.69) is 10.3 Å². The molecule has 0 atom stereocenters. The first-order valence-corrected chi connectivity index (χ1v) is 7.25. The maximum Gasteiger partial charge on any atom is 0.222 e. The molecule has 0 spiro atoms. The molecule has 0 saturated heterocycles. The van der Waals surface area contributed by atoms with E-state index in [1.54, 1.807) is 0 Å². The SMILES string of the molecule is CNC1CCC(N(C)C(=O)CCc2cc[nH]c2)CC1. The molecular weight excluding hydrogens is 238 g/mol. The van der Waals surface area contributed by atoms with Crippen LogP contribution in [0.4, 0.5) is 0 Å². The molecule has 1 aliphatic carbocycles. The lowest BCUT2D eigenvalue weighted by atomic mass is 9.90. The van der Waals surface area contributed by atoms with Gasteiger partial charge in [0, 0.05) is 37.9 Å². The lowest BCUT2D eigenvalue weighted by Crippen LogP contribution is -2.42. The van der Waals surface area contributed by atoms with Crippen LogP contribution < -0.4 is 5.32 Å². The fourth-order valence-electron chi connectivity index (χ4n) is 2.90. The van der Waals surface area contributed by atoms with Crippen LogP contribution in [0.15, 0.2) is 18.5 Å². The predicted molar refractivity (Wildman–Crippen MR) is 77.0 cm³/mol. The maximum atomic E-state index is 12.2. The third-order valence-electron chi connectivity index (χ3n) is 4.34. The number of aromatic nitrogens is 1. The Morgan fingerprint density at radius 1 is 1.42 bits per heavy atom. The molecule has 1 aliphatic rings. The van der Waals surface area contributed by atoms with E-state index < -0.39 is 0 Å². The zero-order valence-corrected chi connectivity index (χ0v) is 12.0. The molecule has 0 unspecified atom stereocenters. The lowest BCUT2D eigenvalue weighted by molar-refractivity contribution is -0.132. The summed E-state index contributed by atoms with van der Waals surface area (Å²) in [7, 11) is 3.99. The first kappa shape index (κ1) is 14.1. The Morgan fingerprint density at radius 2 is 2.16 bits per heavy atom. The topological polar surface area (TPSA) is 48.1 Å². The van der Waals surface area contributed by atoms with E-state index in [1.807, 2.05) is 37.5 Å². The molecule has 0 bridgehead atoms. The van der Waals surface area contributed by atoms with Gasteiger partial charge >= 0.3 is 0 Å². The number of carbonyl (C=O) groups excluding carboxylic acids is 1. The number of carbonyl (C=O) groups is 1. The zero-order valence-electron chi connectivity index (χ0n) is 12.0. The summed E-state index contributed by atoms with van der Waals surface area (Å²) in [6, 6.07) is 3.11.